The predicted octanol–water partition coefficient (Wildman–Crippen LogP) is 0.429. The van der Waals surface area contributed by atoms with Crippen LogP contribution in [-0.4, -0.2) is 36.1 Å². The highest BCUT2D eigenvalue weighted by atomic mass is 16.5. The lowest BCUT2D eigenvalue weighted by atomic mass is 10.0. The first-order valence-corrected chi connectivity index (χ1v) is 6.34. The summed E-state index contributed by atoms with van der Waals surface area (Å²) in [5.74, 6) is -0.0317. The summed E-state index contributed by atoms with van der Waals surface area (Å²) in [6.45, 7) is 3.10. The number of ether oxygens (including phenoxy) is 1. The lowest BCUT2D eigenvalue weighted by molar-refractivity contribution is -0.134. The van der Waals surface area contributed by atoms with Gasteiger partial charge in [-0.15, -0.1) is 0 Å². The van der Waals surface area contributed by atoms with Gasteiger partial charge in [0.25, 0.3) is 5.91 Å². The van der Waals surface area contributed by atoms with Crippen LogP contribution in [0.25, 0.3) is 0 Å². The highest BCUT2D eigenvalue weighted by Crippen LogP contribution is 2.38. The third-order valence-electron chi connectivity index (χ3n) is 3.20. The fourth-order valence-corrected chi connectivity index (χ4v) is 2.09. The summed E-state index contributed by atoms with van der Waals surface area (Å²) >= 11 is 0. The Morgan fingerprint density at radius 3 is 2.75 bits per heavy atom. The monoisotopic (exact) mass is 278 g/mol. The zero-order valence-corrected chi connectivity index (χ0v) is 11.8. The van der Waals surface area contributed by atoms with Crippen LogP contribution in [0.5, 0.6) is 5.75 Å². The van der Waals surface area contributed by atoms with Crippen molar-refractivity contribution in [2.75, 3.05) is 18.5 Å². The second-order valence-electron chi connectivity index (χ2n) is 5.14. The summed E-state index contributed by atoms with van der Waals surface area (Å²) in [7, 11) is 1.52. The summed E-state index contributed by atoms with van der Waals surface area (Å²) < 4.78 is 5.67. The average molecular weight is 278 g/mol. The molecule has 0 saturated heterocycles. The van der Waals surface area contributed by atoms with Gasteiger partial charge in [-0.25, -0.2) is 0 Å². The molecule has 108 valence electrons. The van der Waals surface area contributed by atoms with Crippen LogP contribution < -0.4 is 15.0 Å². The number of aliphatic hydroxyl groups excluding tert-OH is 1. The number of rotatable bonds is 3. The smallest absolute Gasteiger partial charge is 0.271 e. The molecule has 0 spiro atoms. The van der Waals surface area contributed by atoms with Gasteiger partial charge in [0.15, 0.2) is 5.60 Å². The number of carbonyl (C=O) groups is 2. The van der Waals surface area contributed by atoms with Gasteiger partial charge in [-0.3, -0.25) is 14.5 Å². The molecule has 0 aromatic heterocycles. The van der Waals surface area contributed by atoms with E-state index in [1.165, 1.54) is 11.9 Å². The molecule has 6 nitrogen and oxygen atoms in total. The minimum absolute atomic E-state index is 0.0794. The molecule has 0 unspecified atom stereocenters. The standard InChI is InChI=1S/C14H18N2O4/c1-14(2)13(19)16(7-12(18)15-3)10-6-9(8-17)4-5-11(10)20-14/h4-6,17H,7-8H2,1-3H3,(H,15,18). The van der Waals surface area contributed by atoms with Crippen molar-refractivity contribution >= 4 is 17.5 Å². The van der Waals surface area contributed by atoms with E-state index >= 15 is 0 Å². The highest BCUT2D eigenvalue weighted by Gasteiger charge is 2.41. The number of amides is 2. The van der Waals surface area contributed by atoms with Crippen LogP contribution in [0, 0.1) is 0 Å². The van der Waals surface area contributed by atoms with Crippen molar-refractivity contribution in [2.24, 2.45) is 0 Å². The number of carbonyl (C=O) groups excluding carboxylic acids is 2. The minimum Gasteiger partial charge on any atom is -0.476 e. The number of nitrogens with zero attached hydrogens (tertiary/aromatic N) is 1. The Hall–Kier alpha value is -2.08. The Kier molecular flexibility index (Phi) is 3.67. The van der Waals surface area contributed by atoms with Crippen molar-refractivity contribution in [3.63, 3.8) is 0 Å². The van der Waals surface area contributed by atoms with E-state index in [2.05, 4.69) is 5.32 Å². The van der Waals surface area contributed by atoms with Gasteiger partial charge in [-0.1, -0.05) is 6.07 Å². The second kappa shape index (κ2) is 5.13. The van der Waals surface area contributed by atoms with E-state index in [-0.39, 0.29) is 25.0 Å². The maximum Gasteiger partial charge on any atom is 0.271 e. The molecule has 20 heavy (non-hydrogen) atoms. The Balaban J connectivity index is 2.47. The van der Waals surface area contributed by atoms with Gasteiger partial charge in [-0.05, 0) is 31.5 Å². The van der Waals surface area contributed by atoms with Gasteiger partial charge in [0, 0.05) is 7.05 Å². The van der Waals surface area contributed by atoms with Crippen LogP contribution in [0.4, 0.5) is 5.69 Å². The number of fused-ring (bicyclic) bond motifs is 1. The van der Waals surface area contributed by atoms with Crippen LogP contribution in [0.1, 0.15) is 19.4 Å². The van der Waals surface area contributed by atoms with Gasteiger partial charge >= 0.3 is 0 Å². The van der Waals surface area contributed by atoms with Crippen LogP contribution in [-0.2, 0) is 16.2 Å². The molecule has 0 radical (unpaired) electrons. The number of hydrogen-bond acceptors (Lipinski definition) is 4. The molecule has 1 aromatic rings. The fraction of sp³-hybridized carbons (Fsp3) is 0.429. The topological polar surface area (TPSA) is 78.9 Å². The zero-order valence-electron chi connectivity index (χ0n) is 11.8. The van der Waals surface area contributed by atoms with Crippen LogP contribution in [0.3, 0.4) is 0 Å². The SMILES string of the molecule is CNC(=O)CN1C(=O)C(C)(C)Oc2ccc(CO)cc21. The first-order valence-electron chi connectivity index (χ1n) is 6.34. The van der Waals surface area contributed by atoms with Crippen LogP contribution >= 0.6 is 0 Å². The van der Waals surface area contributed by atoms with E-state index in [1.807, 2.05) is 0 Å². The van der Waals surface area contributed by atoms with E-state index < -0.39 is 5.60 Å². The third kappa shape index (κ3) is 2.46. The number of nitrogens with one attached hydrogen (secondary N) is 1. The van der Waals surface area contributed by atoms with E-state index in [1.54, 1.807) is 32.0 Å². The van der Waals surface area contributed by atoms with Crippen molar-refractivity contribution in [3.8, 4) is 5.75 Å². The largest absolute Gasteiger partial charge is 0.476 e. The minimum atomic E-state index is -1.03. The predicted molar refractivity (Wildman–Crippen MR) is 73.5 cm³/mol. The van der Waals surface area contributed by atoms with Crippen molar-refractivity contribution in [1.82, 2.24) is 5.32 Å². The second-order valence-corrected chi connectivity index (χ2v) is 5.14. The summed E-state index contributed by atoms with van der Waals surface area (Å²) in [6.07, 6.45) is 0. The van der Waals surface area contributed by atoms with Gasteiger partial charge in [0.05, 0.1) is 12.3 Å². The van der Waals surface area contributed by atoms with Crippen LogP contribution in [0.15, 0.2) is 18.2 Å². The summed E-state index contributed by atoms with van der Waals surface area (Å²) in [6, 6.07) is 5.08. The summed E-state index contributed by atoms with van der Waals surface area (Å²) in [5, 5.41) is 11.7. The molecule has 1 aliphatic heterocycles. The van der Waals surface area contributed by atoms with Crippen LogP contribution in [0.2, 0.25) is 0 Å². The van der Waals surface area contributed by atoms with E-state index in [9.17, 15) is 14.7 Å². The van der Waals surface area contributed by atoms with Crippen molar-refractivity contribution in [3.05, 3.63) is 23.8 Å². The Labute approximate surface area is 117 Å². The van der Waals surface area contributed by atoms with Crippen molar-refractivity contribution < 1.29 is 19.4 Å². The molecule has 0 fully saturated rings. The molecular weight excluding hydrogens is 260 g/mol. The number of benzene rings is 1. The fourth-order valence-electron chi connectivity index (χ4n) is 2.09. The molecule has 1 aliphatic rings. The van der Waals surface area contributed by atoms with Crippen molar-refractivity contribution in [1.29, 1.82) is 0 Å². The molecule has 0 aliphatic carbocycles. The maximum atomic E-state index is 12.4. The first kappa shape index (κ1) is 14.3. The van der Waals surface area contributed by atoms with Gasteiger partial charge < -0.3 is 15.2 Å². The third-order valence-corrected chi connectivity index (χ3v) is 3.20. The number of hydrogen-bond donors (Lipinski definition) is 2. The van der Waals surface area contributed by atoms with Gasteiger partial charge in [0.1, 0.15) is 12.3 Å². The van der Waals surface area contributed by atoms with E-state index in [4.69, 9.17) is 4.74 Å². The molecule has 0 saturated carbocycles. The molecule has 0 atom stereocenters. The lowest BCUT2D eigenvalue weighted by Crippen LogP contribution is -2.54. The summed E-state index contributed by atoms with van der Waals surface area (Å²) in [5.41, 5.74) is 0.133. The Bertz CT molecular complexity index is 554. The normalized spacial score (nSPS) is 16.4. The quantitative estimate of drug-likeness (QED) is 0.840. The molecule has 2 amide bonds. The number of anilines is 1. The summed E-state index contributed by atoms with van der Waals surface area (Å²) in [4.78, 5) is 25.4. The van der Waals surface area contributed by atoms with E-state index in [0.29, 0.717) is 17.0 Å². The van der Waals surface area contributed by atoms with Gasteiger partial charge in [-0.2, -0.15) is 0 Å². The molecular formula is C14H18N2O4. The Morgan fingerprint density at radius 2 is 2.15 bits per heavy atom. The molecule has 6 heteroatoms. The van der Waals surface area contributed by atoms with Crippen molar-refractivity contribution in [2.45, 2.75) is 26.1 Å². The maximum absolute atomic E-state index is 12.4. The zero-order chi connectivity index (χ0) is 14.9. The molecule has 1 aromatic carbocycles. The molecule has 2 N–H and O–H groups in total. The van der Waals surface area contributed by atoms with Gasteiger partial charge in [0.2, 0.25) is 5.91 Å². The average Bonchev–Trinajstić information content (AvgIpc) is 2.43. The molecule has 2 rings (SSSR count). The Morgan fingerprint density at radius 1 is 1.45 bits per heavy atom. The van der Waals surface area contributed by atoms with E-state index in [0.717, 1.165) is 0 Å². The molecule has 1 heterocycles. The molecule has 0 bridgehead atoms. The lowest BCUT2D eigenvalue weighted by Gasteiger charge is -2.38. The number of likely N-dealkylation sites (N-methyl/N-ethyl adjacent to an activating group) is 1. The first-order chi connectivity index (χ1) is 9.39. The number of aliphatic hydroxyl groups is 1. The highest BCUT2D eigenvalue weighted by molar-refractivity contribution is 6.05.